The SMILES string of the molecule is CO[C@@]1(NC(=O)CSCN)C(=O)N2C(C(=O)Cl)=C(CSc3nnnn3C)CS[C@@H]21. The number of carbonyl (C=O) groups is 3. The molecule has 0 aliphatic carbocycles. The highest BCUT2D eigenvalue weighted by Crippen LogP contribution is 2.47. The standard InChI is InChI=1S/C14H18ClN7O4S3/c1-21-13(18-19-20-21)29-4-7-3-28-12-14(26-2,17-8(23)5-27-6-16)11(25)22(12)9(7)10(15)24/h12H,3-6,16H2,1-2H3,(H,17,23)/t12-,14+/m1/s1. The highest BCUT2D eigenvalue weighted by molar-refractivity contribution is 8.01. The summed E-state index contributed by atoms with van der Waals surface area (Å²) in [6.45, 7) is 0. The monoisotopic (exact) mass is 479 g/mol. The zero-order chi connectivity index (χ0) is 21.2. The van der Waals surface area contributed by atoms with Gasteiger partial charge >= 0.3 is 0 Å². The Kier molecular flexibility index (Phi) is 7.11. The van der Waals surface area contributed by atoms with Gasteiger partial charge in [0.2, 0.25) is 11.1 Å². The third-order valence-corrected chi connectivity index (χ3v) is 7.60. The number of nitrogens with zero attached hydrogens (tertiary/aromatic N) is 5. The molecule has 0 aromatic carbocycles. The summed E-state index contributed by atoms with van der Waals surface area (Å²) in [6, 6.07) is 0. The van der Waals surface area contributed by atoms with Gasteiger partial charge in [0, 0.05) is 31.5 Å². The molecule has 15 heteroatoms. The second kappa shape index (κ2) is 9.22. The van der Waals surface area contributed by atoms with Crippen LogP contribution in [0.1, 0.15) is 0 Å². The van der Waals surface area contributed by atoms with Gasteiger partial charge in [-0.15, -0.1) is 28.6 Å². The maximum absolute atomic E-state index is 13.0. The fraction of sp³-hybridized carbons (Fsp3) is 0.571. The van der Waals surface area contributed by atoms with Crippen molar-refractivity contribution in [2.24, 2.45) is 12.8 Å². The van der Waals surface area contributed by atoms with Crippen molar-refractivity contribution < 1.29 is 19.1 Å². The van der Waals surface area contributed by atoms with Gasteiger partial charge in [-0.3, -0.25) is 19.3 Å². The summed E-state index contributed by atoms with van der Waals surface area (Å²) in [4.78, 5) is 38.5. The van der Waals surface area contributed by atoms with E-state index in [4.69, 9.17) is 22.1 Å². The summed E-state index contributed by atoms with van der Waals surface area (Å²) in [5.41, 5.74) is 4.65. The lowest BCUT2D eigenvalue weighted by Crippen LogP contribution is -2.80. The van der Waals surface area contributed by atoms with Gasteiger partial charge in [-0.2, -0.15) is 0 Å². The first kappa shape index (κ1) is 22.4. The number of aromatic nitrogens is 4. The number of hydrogen-bond acceptors (Lipinski definition) is 11. The number of ether oxygens (including phenoxy) is 1. The van der Waals surface area contributed by atoms with Crippen LogP contribution < -0.4 is 11.1 Å². The van der Waals surface area contributed by atoms with Crippen molar-refractivity contribution in [1.29, 1.82) is 0 Å². The minimum Gasteiger partial charge on any atom is -0.348 e. The zero-order valence-electron chi connectivity index (χ0n) is 15.5. The lowest BCUT2D eigenvalue weighted by molar-refractivity contribution is -0.190. The average molecular weight is 480 g/mol. The molecule has 158 valence electrons. The molecule has 3 N–H and O–H groups in total. The summed E-state index contributed by atoms with van der Waals surface area (Å²) in [5.74, 6) is 0.257. The first-order valence-electron chi connectivity index (χ1n) is 8.22. The molecule has 0 spiro atoms. The highest BCUT2D eigenvalue weighted by Gasteiger charge is 2.66. The van der Waals surface area contributed by atoms with Gasteiger partial charge in [0.05, 0.1) is 5.75 Å². The van der Waals surface area contributed by atoms with Crippen molar-refractivity contribution in [2.45, 2.75) is 16.3 Å². The number of nitrogens with one attached hydrogen (secondary N) is 1. The number of fused-ring (bicyclic) bond motifs is 1. The minimum absolute atomic E-state index is 0.0943. The Morgan fingerprint density at radius 2 is 2.28 bits per heavy atom. The van der Waals surface area contributed by atoms with Crippen LogP contribution >= 0.6 is 46.9 Å². The van der Waals surface area contributed by atoms with Gasteiger partial charge in [0.1, 0.15) is 11.1 Å². The number of carbonyl (C=O) groups excluding carboxylic acids is 3. The van der Waals surface area contributed by atoms with Crippen molar-refractivity contribution in [3.63, 3.8) is 0 Å². The van der Waals surface area contributed by atoms with Crippen molar-refractivity contribution in [3.8, 4) is 0 Å². The largest absolute Gasteiger partial charge is 0.348 e. The highest BCUT2D eigenvalue weighted by atomic mass is 35.5. The summed E-state index contributed by atoms with van der Waals surface area (Å²) >= 11 is 9.74. The molecule has 1 aromatic heterocycles. The molecule has 0 bridgehead atoms. The predicted octanol–water partition coefficient (Wildman–Crippen LogP) is -0.655. The molecule has 2 aliphatic rings. The summed E-state index contributed by atoms with van der Waals surface area (Å²) in [5, 5.41) is 13.1. The van der Waals surface area contributed by atoms with Crippen molar-refractivity contribution in [3.05, 3.63) is 11.3 Å². The number of rotatable bonds is 9. The quantitative estimate of drug-likeness (QED) is 0.201. The molecule has 11 nitrogen and oxygen atoms in total. The Labute approximate surface area is 183 Å². The first-order chi connectivity index (χ1) is 13.9. The van der Waals surface area contributed by atoms with E-state index in [1.165, 1.54) is 52.0 Å². The number of tetrazole rings is 1. The predicted molar refractivity (Wildman–Crippen MR) is 110 cm³/mol. The molecule has 2 amide bonds. The van der Waals surface area contributed by atoms with Crippen LogP contribution in [0.2, 0.25) is 0 Å². The van der Waals surface area contributed by atoms with E-state index in [-0.39, 0.29) is 23.2 Å². The molecular formula is C14H18ClN7O4S3. The molecule has 0 radical (unpaired) electrons. The van der Waals surface area contributed by atoms with Crippen LogP contribution in [-0.4, -0.2) is 83.5 Å². The normalized spacial score (nSPS) is 23.7. The average Bonchev–Trinajstić information content (AvgIpc) is 3.12. The minimum atomic E-state index is -1.54. The molecule has 1 fully saturated rings. The van der Waals surface area contributed by atoms with Crippen LogP contribution in [0, 0.1) is 0 Å². The smallest absolute Gasteiger partial charge is 0.284 e. The number of amides is 2. The molecular weight excluding hydrogens is 462 g/mol. The molecule has 2 aliphatic heterocycles. The van der Waals surface area contributed by atoms with E-state index in [2.05, 4.69) is 20.8 Å². The molecule has 1 aromatic rings. The second-order valence-electron chi connectivity index (χ2n) is 5.94. The fourth-order valence-corrected chi connectivity index (χ4v) is 5.95. The molecule has 2 atom stereocenters. The van der Waals surface area contributed by atoms with Gasteiger partial charge in [0.15, 0.2) is 0 Å². The fourth-order valence-electron chi connectivity index (χ4n) is 2.92. The van der Waals surface area contributed by atoms with Gasteiger partial charge in [-0.1, -0.05) is 11.8 Å². The van der Waals surface area contributed by atoms with Crippen molar-refractivity contribution in [1.82, 2.24) is 30.4 Å². The van der Waals surface area contributed by atoms with Crippen molar-refractivity contribution in [2.75, 3.05) is 30.2 Å². The molecule has 0 saturated carbocycles. The van der Waals surface area contributed by atoms with E-state index in [0.29, 0.717) is 22.2 Å². The topological polar surface area (TPSA) is 145 Å². The first-order valence-corrected chi connectivity index (χ1v) is 11.8. The lowest BCUT2D eigenvalue weighted by atomic mass is 9.98. The van der Waals surface area contributed by atoms with E-state index >= 15 is 0 Å². The maximum atomic E-state index is 13.0. The van der Waals surface area contributed by atoms with E-state index in [1.807, 2.05) is 0 Å². The maximum Gasteiger partial charge on any atom is 0.284 e. The van der Waals surface area contributed by atoms with Crippen LogP contribution in [0.5, 0.6) is 0 Å². The summed E-state index contributed by atoms with van der Waals surface area (Å²) in [6.07, 6.45) is 0. The Morgan fingerprint density at radius 1 is 1.52 bits per heavy atom. The number of methoxy groups -OCH3 is 1. The summed E-state index contributed by atoms with van der Waals surface area (Å²) in [7, 11) is 3.04. The number of nitrogens with two attached hydrogens (primary N) is 1. The van der Waals surface area contributed by atoms with E-state index in [9.17, 15) is 14.4 Å². The van der Waals surface area contributed by atoms with Crippen LogP contribution in [0.3, 0.4) is 0 Å². The zero-order valence-corrected chi connectivity index (χ0v) is 18.7. The van der Waals surface area contributed by atoms with E-state index in [1.54, 1.807) is 7.05 Å². The van der Waals surface area contributed by atoms with Crippen LogP contribution in [0.15, 0.2) is 16.4 Å². The van der Waals surface area contributed by atoms with E-state index in [0.717, 1.165) is 0 Å². The Balaban J connectivity index is 1.80. The lowest BCUT2D eigenvalue weighted by Gasteiger charge is -2.56. The number of halogens is 1. The molecule has 1 saturated heterocycles. The van der Waals surface area contributed by atoms with E-state index < -0.39 is 22.2 Å². The second-order valence-corrected chi connectivity index (χ2v) is 9.33. The van der Waals surface area contributed by atoms with Crippen molar-refractivity contribution >= 4 is 63.9 Å². The molecule has 0 unspecified atom stereocenters. The van der Waals surface area contributed by atoms with Gasteiger partial charge in [-0.05, 0) is 27.6 Å². The van der Waals surface area contributed by atoms with Gasteiger partial charge < -0.3 is 15.8 Å². The molecule has 29 heavy (non-hydrogen) atoms. The summed E-state index contributed by atoms with van der Waals surface area (Å²) < 4.78 is 6.91. The number of hydrogen-bond donors (Lipinski definition) is 2. The van der Waals surface area contributed by atoms with Gasteiger partial charge in [0.25, 0.3) is 16.9 Å². The Bertz CT molecular complexity index is 866. The molecule has 3 rings (SSSR count). The third-order valence-electron chi connectivity index (χ3n) is 4.25. The number of aryl methyl sites for hydroxylation is 1. The van der Waals surface area contributed by atoms with Crippen LogP contribution in [0.25, 0.3) is 0 Å². The molecule has 3 heterocycles. The third kappa shape index (κ3) is 4.14. The Morgan fingerprint density at radius 3 is 2.86 bits per heavy atom. The van der Waals surface area contributed by atoms with Crippen LogP contribution in [0.4, 0.5) is 0 Å². The van der Waals surface area contributed by atoms with Gasteiger partial charge in [-0.25, -0.2) is 4.68 Å². The van der Waals surface area contributed by atoms with Crippen LogP contribution in [-0.2, 0) is 26.2 Å². The number of β-lactam (4-membered cyclic amide) rings is 1. The number of allylic oxidation sites excluding steroid dienone is 1. The number of thioether (sulfide) groups is 3. The Hall–Kier alpha value is -1.32.